The smallest absolute Gasteiger partial charge is 0.151 e. The van der Waals surface area contributed by atoms with Gasteiger partial charge in [0.1, 0.15) is 5.75 Å². The van der Waals surface area contributed by atoms with Crippen molar-refractivity contribution < 1.29 is 5.11 Å². The van der Waals surface area contributed by atoms with E-state index in [-0.39, 0.29) is 5.75 Å². The summed E-state index contributed by atoms with van der Waals surface area (Å²) < 4.78 is 0. The Morgan fingerprint density at radius 2 is 2.08 bits per heavy atom. The van der Waals surface area contributed by atoms with Crippen LogP contribution < -0.4 is 4.90 Å². The van der Waals surface area contributed by atoms with E-state index in [9.17, 15) is 5.11 Å². The first-order valence-electron chi connectivity index (χ1n) is 8.48. The molecule has 3 rings (SSSR count). The van der Waals surface area contributed by atoms with E-state index in [1.54, 1.807) is 12.1 Å². The molecule has 0 radical (unpaired) electrons. The molecule has 1 saturated heterocycles. The highest BCUT2D eigenvalue weighted by molar-refractivity contribution is 5.71. The topological polar surface area (TPSA) is 76.3 Å². The fourth-order valence-electron chi connectivity index (χ4n) is 3.28. The Bertz CT molecular complexity index is 812. The third-order valence-corrected chi connectivity index (χ3v) is 4.80. The molecule has 1 fully saturated rings. The van der Waals surface area contributed by atoms with Gasteiger partial charge in [-0.1, -0.05) is 0 Å². The summed E-state index contributed by atoms with van der Waals surface area (Å²) in [6, 6.07) is 9.42. The van der Waals surface area contributed by atoms with Gasteiger partial charge in [-0.3, -0.25) is 0 Å². The molecule has 1 N–H and O–H groups in total. The molecule has 1 aliphatic heterocycles. The Labute approximate surface area is 148 Å². The lowest BCUT2D eigenvalue weighted by atomic mass is 10.0. The average molecular weight is 337 g/mol. The number of anilines is 1. The first-order valence-corrected chi connectivity index (χ1v) is 8.48. The SMILES string of the molecule is Cc1cc(N2CCC[C@@H](N(C)C)C2)nnc1-c1ccc(C#N)cc1O. The zero-order valence-corrected chi connectivity index (χ0v) is 14.9. The highest BCUT2D eigenvalue weighted by Crippen LogP contribution is 2.31. The maximum absolute atomic E-state index is 10.2. The van der Waals surface area contributed by atoms with Gasteiger partial charge in [-0.05, 0) is 63.7 Å². The van der Waals surface area contributed by atoms with Gasteiger partial charge in [-0.25, -0.2) is 0 Å². The van der Waals surface area contributed by atoms with Crippen molar-refractivity contribution in [3.05, 3.63) is 35.4 Å². The van der Waals surface area contributed by atoms with Gasteiger partial charge in [0.05, 0.1) is 17.3 Å². The van der Waals surface area contributed by atoms with Gasteiger partial charge in [-0.2, -0.15) is 5.26 Å². The highest BCUT2D eigenvalue weighted by atomic mass is 16.3. The Kier molecular flexibility index (Phi) is 4.86. The lowest BCUT2D eigenvalue weighted by molar-refractivity contribution is 0.257. The molecule has 1 aromatic heterocycles. The molecule has 6 heteroatoms. The third kappa shape index (κ3) is 3.57. The summed E-state index contributed by atoms with van der Waals surface area (Å²) in [6.45, 7) is 3.90. The standard InChI is InChI=1S/C19H23N5O/c1-13-9-18(24-8-4-5-15(12-24)23(2)3)21-22-19(13)16-7-6-14(11-20)10-17(16)25/h6-7,9-10,15,25H,4-5,8,12H2,1-3H3/t15-/m1/s1. The number of nitriles is 1. The summed E-state index contributed by atoms with van der Waals surface area (Å²) in [4.78, 5) is 4.53. The van der Waals surface area contributed by atoms with Crippen molar-refractivity contribution in [1.29, 1.82) is 5.26 Å². The molecule has 0 saturated carbocycles. The third-order valence-electron chi connectivity index (χ3n) is 4.80. The van der Waals surface area contributed by atoms with Gasteiger partial charge in [-0.15, -0.1) is 10.2 Å². The van der Waals surface area contributed by atoms with E-state index in [1.807, 2.05) is 19.1 Å². The molecule has 1 aromatic carbocycles. The van der Waals surface area contributed by atoms with Crippen LogP contribution >= 0.6 is 0 Å². The summed E-state index contributed by atoms with van der Waals surface area (Å²) in [6.07, 6.45) is 2.34. The number of likely N-dealkylation sites (N-methyl/N-ethyl adjacent to an activating group) is 1. The quantitative estimate of drug-likeness (QED) is 0.927. The van der Waals surface area contributed by atoms with Gasteiger partial charge in [0.2, 0.25) is 0 Å². The van der Waals surface area contributed by atoms with Crippen LogP contribution in [0.5, 0.6) is 5.75 Å². The molecule has 1 atom stereocenters. The van der Waals surface area contributed by atoms with Crippen molar-refractivity contribution in [2.45, 2.75) is 25.8 Å². The number of benzene rings is 1. The van der Waals surface area contributed by atoms with Crippen LogP contribution in [0.15, 0.2) is 24.3 Å². The van der Waals surface area contributed by atoms with Gasteiger partial charge in [0, 0.05) is 24.7 Å². The summed E-state index contributed by atoms with van der Waals surface area (Å²) in [5, 5.41) is 27.9. The van der Waals surface area contributed by atoms with Crippen LogP contribution in [0.1, 0.15) is 24.0 Å². The normalized spacial score (nSPS) is 17.6. The number of aromatic hydroxyl groups is 1. The Morgan fingerprint density at radius 1 is 1.28 bits per heavy atom. The van der Waals surface area contributed by atoms with Crippen molar-refractivity contribution in [2.24, 2.45) is 0 Å². The van der Waals surface area contributed by atoms with E-state index in [0.717, 1.165) is 30.9 Å². The molecule has 1 aliphatic rings. The van der Waals surface area contributed by atoms with E-state index in [4.69, 9.17) is 5.26 Å². The monoisotopic (exact) mass is 337 g/mol. The minimum atomic E-state index is 0.0508. The van der Waals surface area contributed by atoms with E-state index in [2.05, 4.69) is 34.1 Å². The fourth-order valence-corrected chi connectivity index (χ4v) is 3.28. The highest BCUT2D eigenvalue weighted by Gasteiger charge is 2.23. The summed E-state index contributed by atoms with van der Waals surface area (Å²) in [5.74, 6) is 0.927. The Morgan fingerprint density at radius 3 is 2.72 bits per heavy atom. The van der Waals surface area contributed by atoms with Crippen molar-refractivity contribution in [1.82, 2.24) is 15.1 Å². The van der Waals surface area contributed by atoms with Gasteiger partial charge in [0.15, 0.2) is 5.82 Å². The van der Waals surface area contributed by atoms with Crippen molar-refractivity contribution in [3.63, 3.8) is 0 Å². The molecule has 0 aliphatic carbocycles. The molecule has 130 valence electrons. The van der Waals surface area contributed by atoms with Gasteiger partial charge >= 0.3 is 0 Å². The minimum Gasteiger partial charge on any atom is -0.507 e. The number of nitrogens with zero attached hydrogens (tertiary/aromatic N) is 5. The zero-order chi connectivity index (χ0) is 18.0. The van der Waals surface area contributed by atoms with E-state index in [1.165, 1.54) is 12.5 Å². The van der Waals surface area contributed by atoms with E-state index < -0.39 is 0 Å². The molecule has 2 heterocycles. The lowest BCUT2D eigenvalue weighted by Gasteiger charge is -2.36. The van der Waals surface area contributed by atoms with Crippen molar-refractivity contribution in [3.8, 4) is 23.1 Å². The maximum Gasteiger partial charge on any atom is 0.151 e. The first kappa shape index (κ1) is 17.2. The minimum absolute atomic E-state index is 0.0508. The molecule has 0 amide bonds. The van der Waals surface area contributed by atoms with Crippen LogP contribution in [0.4, 0.5) is 5.82 Å². The Balaban J connectivity index is 1.88. The van der Waals surface area contributed by atoms with Gasteiger partial charge < -0.3 is 14.9 Å². The Hall–Kier alpha value is -2.65. The number of hydrogen-bond donors (Lipinski definition) is 1. The van der Waals surface area contributed by atoms with Crippen LogP contribution in [-0.2, 0) is 0 Å². The summed E-state index contributed by atoms with van der Waals surface area (Å²) in [5.41, 5.74) is 2.62. The number of aryl methyl sites for hydroxylation is 1. The fraction of sp³-hybridized carbons (Fsp3) is 0.421. The summed E-state index contributed by atoms with van der Waals surface area (Å²) >= 11 is 0. The number of hydrogen-bond acceptors (Lipinski definition) is 6. The predicted octanol–water partition coefficient (Wildman–Crippen LogP) is 2.56. The molecule has 25 heavy (non-hydrogen) atoms. The molecule has 0 spiro atoms. The second-order valence-electron chi connectivity index (χ2n) is 6.78. The lowest BCUT2D eigenvalue weighted by Crippen LogP contribution is -2.45. The number of aromatic nitrogens is 2. The van der Waals surface area contributed by atoms with E-state index >= 15 is 0 Å². The molecule has 2 aromatic rings. The average Bonchev–Trinajstić information content (AvgIpc) is 2.62. The van der Waals surface area contributed by atoms with Crippen LogP contribution in [0.3, 0.4) is 0 Å². The van der Waals surface area contributed by atoms with Gasteiger partial charge in [0.25, 0.3) is 0 Å². The number of phenolic OH excluding ortho intramolecular Hbond substituents is 1. The van der Waals surface area contributed by atoms with Crippen LogP contribution in [0.2, 0.25) is 0 Å². The van der Waals surface area contributed by atoms with Crippen LogP contribution in [-0.4, -0.2) is 53.4 Å². The second kappa shape index (κ2) is 7.08. The molecule has 6 nitrogen and oxygen atoms in total. The van der Waals surface area contributed by atoms with Crippen LogP contribution in [0, 0.1) is 18.3 Å². The molecular formula is C19H23N5O. The van der Waals surface area contributed by atoms with E-state index in [0.29, 0.717) is 22.9 Å². The van der Waals surface area contributed by atoms with Crippen molar-refractivity contribution in [2.75, 3.05) is 32.1 Å². The number of phenols is 1. The zero-order valence-electron chi connectivity index (χ0n) is 14.9. The second-order valence-corrected chi connectivity index (χ2v) is 6.78. The largest absolute Gasteiger partial charge is 0.507 e. The molecular weight excluding hydrogens is 314 g/mol. The number of piperidine rings is 1. The maximum atomic E-state index is 10.2. The van der Waals surface area contributed by atoms with Crippen molar-refractivity contribution >= 4 is 5.82 Å². The summed E-state index contributed by atoms with van der Waals surface area (Å²) in [7, 11) is 4.23. The molecule has 0 unspecified atom stereocenters. The first-order chi connectivity index (χ1) is 12.0. The predicted molar refractivity (Wildman–Crippen MR) is 97.5 cm³/mol. The van der Waals surface area contributed by atoms with Crippen LogP contribution in [0.25, 0.3) is 11.3 Å². The molecule has 0 bridgehead atoms. The number of rotatable bonds is 3.